The number of nitrogens with zero attached hydrogens (tertiary/aromatic N) is 2. The Morgan fingerprint density at radius 1 is 1.30 bits per heavy atom. The quantitative estimate of drug-likeness (QED) is 0.743. The van der Waals surface area contributed by atoms with E-state index in [2.05, 4.69) is 9.97 Å². The number of pyridine rings is 1. The maximum atomic E-state index is 12.3. The van der Waals surface area contributed by atoms with Gasteiger partial charge in [0.1, 0.15) is 16.3 Å². The SMILES string of the molecule is Cc1c(Cl)ccc2oc(S(=O)Cc3ccccn3)nc12. The molecule has 0 bridgehead atoms. The standard InChI is InChI=1S/C14H11ClN2O2S/c1-9-11(15)5-6-12-13(9)17-14(19-12)20(18)8-10-4-2-3-7-16-10/h2-7H,8H2,1H3. The molecule has 0 fully saturated rings. The van der Waals surface area contributed by atoms with Gasteiger partial charge in [0.05, 0.1) is 11.4 Å². The molecule has 0 aliphatic rings. The van der Waals surface area contributed by atoms with Crippen LogP contribution in [-0.4, -0.2) is 14.2 Å². The number of oxazole rings is 1. The minimum absolute atomic E-state index is 0.205. The molecule has 1 atom stereocenters. The zero-order valence-corrected chi connectivity index (χ0v) is 12.2. The Hall–Kier alpha value is -1.72. The van der Waals surface area contributed by atoms with Crippen molar-refractivity contribution in [2.24, 2.45) is 0 Å². The number of hydrogen-bond donors (Lipinski definition) is 0. The van der Waals surface area contributed by atoms with Crippen molar-refractivity contribution in [3.8, 4) is 0 Å². The van der Waals surface area contributed by atoms with E-state index in [0.29, 0.717) is 16.1 Å². The Labute approximate surface area is 123 Å². The lowest BCUT2D eigenvalue weighted by atomic mass is 10.2. The number of rotatable bonds is 3. The third-order valence-corrected chi connectivity index (χ3v) is 4.46. The smallest absolute Gasteiger partial charge is 0.288 e. The van der Waals surface area contributed by atoms with E-state index in [0.717, 1.165) is 11.3 Å². The van der Waals surface area contributed by atoms with Crippen molar-refractivity contribution < 1.29 is 8.63 Å². The number of halogens is 1. The lowest BCUT2D eigenvalue weighted by Crippen LogP contribution is -1.98. The van der Waals surface area contributed by atoms with Crippen LogP contribution in [0.3, 0.4) is 0 Å². The monoisotopic (exact) mass is 306 g/mol. The summed E-state index contributed by atoms with van der Waals surface area (Å²) in [6, 6.07) is 8.98. The van der Waals surface area contributed by atoms with Crippen LogP contribution in [0.2, 0.25) is 5.02 Å². The van der Waals surface area contributed by atoms with Gasteiger partial charge in [-0.05, 0) is 36.8 Å². The molecule has 0 N–H and O–H groups in total. The van der Waals surface area contributed by atoms with E-state index in [1.807, 2.05) is 25.1 Å². The molecular formula is C14H11ClN2O2S. The first-order valence-corrected chi connectivity index (χ1v) is 7.69. The number of aromatic nitrogens is 2. The first-order chi connectivity index (χ1) is 9.65. The minimum Gasteiger partial charge on any atom is -0.430 e. The molecule has 0 spiro atoms. The lowest BCUT2D eigenvalue weighted by molar-refractivity contribution is 0.477. The Bertz CT molecular complexity index is 786. The Kier molecular flexibility index (Phi) is 3.54. The van der Waals surface area contributed by atoms with Gasteiger partial charge in [-0.3, -0.25) is 4.98 Å². The zero-order chi connectivity index (χ0) is 14.1. The first kappa shape index (κ1) is 13.3. The highest BCUT2D eigenvalue weighted by Gasteiger charge is 2.16. The van der Waals surface area contributed by atoms with E-state index in [9.17, 15) is 4.21 Å². The van der Waals surface area contributed by atoms with Gasteiger partial charge in [0.15, 0.2) is 5.58 Å². The normalized spacial score (nSPS) is 12.7. The van der Waals surface area contributed by atoms with Gasteiger partial charge in [0, 0.05) is 11.2 Å². The Balaban J connectivity index is 1.94. The van der Waals surface area contributed by atoms with Crippen molar-refractivity contribution in [3.05, 3.63) is 52.8 Å². The van der Waals surface area contributed by atoms with Gasteiger partial charge in [0.25, 0.3) is 5.22 Å². The first-order valence-electron chi connectivity index (χ1n) is 5.99. The Morgan fingerprint density at radius 2 is 2.15 bits per heavy atom. The van der Waals surface area contributed by atoms with Crippen molar-refractivity contribution in [1.82, 2.24) is 9.97 Å². The molecule has 102 valence electrons. The average Bonchev–Trinajstić information content (AvgIpc) is 2.89. The number of fused-ring (bicyclic) bond motifs is 1. The lowest BCUT2D eigenvalue weighted by Gasteiger charge is -1.96. The van der Waals surface area contributed by atoms with E-state index < -0.39 is 10.8 Å². The van der Waals surface area contributed by atoms with Crippen LogP contribution in [-0.2, 0) is 16.6 Å². The average molecular weight is 307 g/mol. The summed E-state index contributed by atoms with van der Waals surface area (Å²) >= 11 is 6.04. The second-order valence-corrected chi connectivity index (χ2v) is 6.05. The highest BCUT2D eigenvalue weighted by molar-refractivity contribution is 7.84. The fraction of sp³-hybridized carbons (Fsp3) is 0.143. The largest absolute Gasteiger partial charge is 0.430 e. The molecular weight excluding hydrogens is 296 g/mol. The Morgan fingerprint density at radius 3 is 2.90 bits per heavy atom. The van der Waals surface area contributed by atoms with E-state index in [1.165, 1.54) is 0 Å². The maximum Gasteiger partial charge on any atom is 0.288 e. The third-order valence-electron chi connectivity index (χ3n) is 2.93. The van der Waals surface area contributed by atoms with Crippen LogP contribution in [0.25, 0.3) is 11.1 Å². The topological polar surface area (TPSA) is 56.0 Å². The molecule has 0 aliphatic heterocycles. The molecule has 20 heavy (non-hydrogen) atoms. The molecule has 3 aromatic rings. The van der Waals surface area contributed by atoms with Gasteiger partial charge >= 0.3 is 0 Å². The summed E-state index contributed by atoms with van der Waals surface area (Å²) in [5, 5.41) is 0.823. The van der Waals surface area contributed by atoms with Gasteiger partial charge in [-0.25, -0.2) is 9.19 Å². The van der Waals surface area contributed by atoms with Crippen LogP contribution in [0.5, 0.6) is 0 Å². The molecule has 4 nitrogen and oxygen atoms in total. The van der Waals surface area contributed by atoms with Gasteiger partial charge < -0.3 is 4.42 Å². The van der Waals surface area contributed by atoms with Crippen LogP contribution in [0.1, 0.15) is 11.3 Å². The highest BCUT2D eigenvalue weighted by Crippen LogP contribution is 2.26. The summed E-state index contributed by atoms with van der Waals surface area (Å²) in [6.07, 6.45) is 1.67. The predicted octanol–water partition coefficient (Wildman–Crippen LogP) is 3.49. The van der Waals surface area contributed by atoms with Gasteiger partial charge in [0.2, 0.25) is 0 Å². The van der Waals surface area contributed by atoms with Crippen LogP contribution in [0, 0.1) is 6.92 Å². The summed E-state index contributed by atoms with van der Waals surface area (Å²) < 4.78 is 17.8. The van der Waals surface area contributed by atoms with Crippen molar-refractivity contribution >= 4 is 33.5 Å². The summed E-state index contributed by atoms with van der Waals surface area (Å²) in [5.41, 5.74) is 2.81. The van der Waals surface area contributed by atoms with Crippen LogP contribution in [0.15, 0.2) is 46.2 Å². The van der Waals surface area contributed by atoms with E-state index in [1.54, 1.807) is 18.3 Å². The number of benzene rings is 1. The second-order valence-electron chi connectivity index (χ2n) is 4.31. The fourth-order valence-electron chi connectivity index (χ4n) is 1.86. The molecule has 0 aliphatic carbocycles. The fourth-order valence-corrected chi connectivity index (χ4v) is 2.95. The molecule has 1 aromatic carbocycles. The van der Waals surface area contributed by atoms with Crippen molar-refractivity contribution in [2.45, 2.75) is 17.9 Å². The molecule has 0 saturated heterocycles. The highest BCUT2D eigenvalue weighted by atomic mass is 35.5. The number of hydrogen-bond acceptors (Lipinski definition) is 4. The van der Waals surface area contributed by atoms with Crippen molar-refractivity contribution in [2.75, 3.05) is 0 Å². The van der Waals surface area contributed by atoms with E-state index in [-0.39, 0.29) is 11.0 Å². The summed E-state index contributed by atoms with van der Waals surface area (Å²) in [5.74, 6) is 0.278. The molecule has 0 amide bonds. The van der Waals surface area contributed by atoms with Gasteiger partial charge in [-0.1, -0.05) is 17.7 Å². The zero-order valence-electron chi connectivity index (χ0n) is 10.7. The third kappa shape index (κ3) is 2.46. The minimum atomic E-state index is -1.37. The molecule has 1 unspecified atom stereocenters. The van der Waals surface area contributed by atoms with Crippen molar-refractivity contribution in [1.29, 1.82) is 0 Å². The summed E-state index contributed by atoms with van der Waals surface area (Å²) in [6.45, 7) is 1.86. The number of aryl methyl sites for hydroxylation is 1. The van der Waals surface area contributed by atoms with Gasteiger partial charge in [-0.15, -0.1) is 0 Å². The van der Waals surface area contributed by atoms with Crippen LogP contribution in [0.4, 0.5) is 0 Å². The molecule has 2 aromatic heterocycles. The second kappa shape index (κ2) is 5.34. The van der Waals surface area contributed by atoms with Crippen LogP contribution < -0.4 is 0 Å². The molecule has 2 heterocycles. The molecule has 3 rings (SSSR count). The van der Waals surface area contributed by atoms with E-state index in [4.69, 9.17) is 16.0 Å². The van der Waals surface area contributed by atoms with Gasteiger partial charge in [-0.2, -0.15) is 0 Å². The molecule has 0 saturated carbocycles. The molecule has 6 heteroatoms. The molecule has 0 radical (unpaired) electrons. The van der Waals surface area contributed by atoms with Crippen LogP contribution >= 0.6 is 11.6 Å². The van der Waals surface area contributed by atoms with Crippen molar-refractivity contribution in [3.63, 3.8) is 0 Å². The van der Waals surface area contributed by atoms with E-state index >= 15 is 0 Å². The maximum absolute atomic E-state index is 12.3. The predicted molar refractivity (Wildman–Crippen MR) is 78.1 cm³/mol. The summed E-state index contributed by atoms with van der Waals surface area (Å²) in [7, 11) is -1.37. The summed E-state index contributed by atoms with van der Waals surface area (Å²) in [4.78, 5) is 8.44.